The van der Waals surface area contributed by atoms with Crippen LogP contribution in [0.1, 0.15) is 70.2 Å². The number of carbonyl (C=O) groups excluding carboxylic acids is 3. The fourth-order valence-corrected chi connectivity index (χ4v) is 4.52. The minimum atomic E-state index is -1.02. The maximum atomic E-state index is 14.1. The summed E-state index contributed by atoms with van der Waals surface area (Å²) in [5.74, 6) is -1.00. The summed E-state index contributed by atoms with van der Waals surface area (Å²) in [7, 11) is 0. The van der Waals surface area contributed by atoms with E-state index >= 15 is 0 Å². The van der Waals surface area contributed by atoms with E-state index in [4.69, 9.17) is 16.3 Å². The number of hydrogen-bond donors (Lipinski definition) is 3. The molecule has 0 saturated heterocycles. The van der Waals surface area contributed by atoms with Crippen LogP contribution in [0.25, 0.3) is 0 Å². The van der Waals surface area contributed by atoms with Gasteiger partial charge < -0.3 is 25.4 Å². The molecule has 38 heavy (non-hydrogen) atoms. The van der Waals surface area contributed by atoms with E-state index in [1.807, 2.05) is 26.8 Å². The number of benzene rings is 2. The van der Waals surface area contributed by atoms with E-state index in [2.05, 4.69) is 10.6 Å². The summed E-state index contributed by atoms with van der Waals surface area (Å²) in [5, 5.41) is 16.2. The van der Waals surface area contributed by atoms with E-state index in [0.29, 0.717) is 21.8 Å². The summed E-state index contributed by atoms with van der Waals surface area (Å²) in [4.78, 5) is 42.3. The van der Waals surface area contributed by atoms with Crippen LogP contribution in [0, 0.1) is 19.8 Å². The van der Waals surface area contributed by atoms with Crippen LogP contribution in [0.4, 0.5) is 10.5 Å². The summed E-state index contributed by atoms with van der Waals surface area (Å²) >= 11 is 6.40. The molecule has 8 nitrogen and oxygen atoms in total. The lowest BCUT2D eigenvalue weighted by Gasteiger charge is -2.36. The molecule has 0 bridgehead atoms. The Morgan fingerprint density at radius 2 is 1.74 bits per heavy atom. The highest BCUT2D eigenvalue weighted by atomic mass is 35.5. The monoisotopic (exact) mass is 543 g/mol. The minimum absolute atomic E-state index is 0.0887. The standard InChI is InChI=1S/C29H38ClN3O5/c1-16(2)23(32-28(37)38-29(5,6)7)27(36)33(20-12-13-20)25(19-11-14-22(34)18(4)15-19)26(35)31-24-17(3)9-8-10-21(24)30/h8-11,14-16,20,23,25,34H,12-13H2,1-7H3,(H,31,35)(H,32,37). The average molecular weight is 544 g/mol. The fourth-order valence-electron chi connectivity index (χ4n) is 4.25. The molecule has 0 spiro atoms. The van der Waals surface area contributed by atoms with Crippen LogP contribution >= 0.6 is 11.6 Å². The summed E-state index contributed by atoms with van der Waals surface area (Å²) in [6, 6.07) is 8.06. The van der Waals surface area contributed by atoms with Crippen molar-refractivity contribution < 1.29 is 24.2 Å². The van der Waals surface area contributed by atoms with Gasteiger partial charge in [0.15, 0.2) is 0 Å². The number of para-hydroxylation sites is 1. The van der Waals surface area contributed by atoms with Gasteiger partial charge in [0.25, 0.3) is 5.91 Å². The predicted octanol–water partition coefficient (Wildman–Crippen LogP) is 5.88. The fraction of sp³-hybridized carbons (Fsp3) is 0.483. The van der Waals surface area contributed by atoms with Crippen molar-refractivity contribution in [3.63, 3.8) is 0 Å². The molecule has 0 aromatic heterocycles. The van der Waals surface area contributed by atoms with Gasteiger partial charge in [-0.25, -0.2) is 4.79 Å². The van der Waals surface area contributed by atoms with Crippen LogP contribution in [-0.4, -0.2) is 45.6 Å². The van der Waals surface area contributed by atoms with Crippen molar-refractivity contribution in [1.82, 2.24) is 10.2 Å². The van der Waals surface area contributed by atoms with Crippen molar-refractivity contribution in [2.24, 2.45) is 5.92 Å². The lowest BCUT2D eigenvalue weighted by molar-refractivity contribution is -0.142. The average Bonchev–Trinajstić information content (AvgIpc) is 3.63. The largest absolute Gasteiger partial charge is 0.508 e. The van der Waals surface area contributed by atoms with Crippen molar-refractivity contribution in [3.05, 3.63) is 58.1 Å². The highest BCUT2D eigenvalue weighted by Crippen LogP contribution is 2.38. The molecule has 1 saturated carbocycles. The first-order chi connectivity index (χ1) is 17.7. The Bertz CT molecular complexity index is 1180. The van der Waals surface area contributed by atoms with Gasteiger partial charge in [-0.3, -0.25) is 9.59 Å². The summed E-state index contributed by atoms with van der Waals surface area (Å²) in [5.41, 5.74) is 1.63. The Morgan fingerprint density at radius 3 is 2.26 bits per heavy atom. The molecule has 2 aromatic carbocycles. The molecule has 206 valence electrons. The number of aryl methyl sites for hydroxylation is 2. The van der Waals surface area contributed by atoms with E-state index < -0.39 is 29.7 Å². The van der Waals surface area contributed by atoms with Crippen LogP contribution in [0.15, 0.2) is 36.4 Å². The number of phenols is 1. The molecule has 2 aromatic rings. The maximum absolute atomic E-state index is 14.1. The molecule has 2 unspecified atom stereocenters. The van der Waals surface area contributed by atoms with Gasteiger partial charge in [0.2, 0.25) is 5.91 Å². The van der Waals surface area contributed by atoms with Crippen molar-refractivity contribution in [1.29, 1.82) is 0 Å². The van der Waals surface area contributed by atoms with Gasteiger partial charge in [-0.15, -0.1) is 0 Å². The van der Waals surface area contributed by atoms with E-state index in [-0.39, 0.29) is 23.6 Å². The Labute approximate surface area is 229 Å². The number of rotatable bonds is 8. The van der Waals surface area contributed by atoms with E-state index in [0.717, 1.165) is 18.4 Å². The Kier molecular flexibility index (Phi) is 8.97. The number of ether oxygens (including phenoxy) is 1. The molecule has 9 heteroatoms. The zero-order chi connectivity index (χ0) is 28.4. The number of phenolic OH excluding ortho intramolecular Hbond substituents is 1. The van der Waals surface area contributed by atoms with Crippen molar-refractivity contribution in [3.8, 4) is 5.75 Å². The van der Waals surface area contributed by atoms with Crippen molar-refractivity contribution in [2.75, 3.05) is 5.32 Å². The second-order valence-corrected chi connectivity index (χ2v) is 11.6. The maximum Gasteiger partial charge on any atom is 0.408 e. The van der Waals surface area contributed by atoms with Gasteiger partial charge in [-0.2, -0.15) is 0 Å². The van der Waals surface area contributed by atoms with Gasteiger partial charge in [-0.05, 0) is 88.3 Å². The number of hydrogen-bond acceptors (Lipinski definition) is 5. The van der Waals surface area contributed by atoms with Crippen LogP contribution in [-0.2, 0) is 14.3 Å². The Morgan fingerprint density at radius 1 is 1.08 bits per heavy atom. The number of nitrogens with zero attached hydrogens (tertiary/aromatic N) is 1. The first-order valence-electron chi connectivity index (χ1n) is 12.9. The number of aromatic hydroxyl groups is 1. The smallest absolute Gasteiger partial charge is 0.408 e. The highest BCUT2D eigenvalue weighted by Gasteiger charge is 2.45. The predicted molar refractivity (Wildman–Crippen MR) is 148 cm³/mol. The van der Waals surface area contributed by atoms with Gasteiger partial charge >= 0.3 is 6.09 Å². The number of anilines is 1. The molecule has 3 N–H and O–H groups in total. The highest BCUT2D eigenvalue weighted by molar-refractivity contribution is 6.34. The first kappa shape index (κ1) is 29.3. The lowest BCUT2D eigenvalue weighted by atomic mass is 9.97. The van der Waals surface area contributed by atoms with Crippen molar-refractivity contribution >= 4 is 35.2 Å². The lowest BCUT2D eigenvalue weighted by Crippen LogP contribution is -2.55. The molecule has 1 aliphatic carbocycles. The molecular formula is C29H38ClN3O5. The van der Waals surface area contributed by atoms with Crippen LogP contribution in [0.5, 0.6) is 5.75 Å². The van der Waals surface area contributed by atoms with E-state index in [9.17, 15) is 19.5 Å². The molecule has 2 atom stereocenters. The second-order valence-electron chi connectivity index (χ2n) is 11.2. The first-order valence-corrected chi connectivity index (χ1v) is 13.2. The SMILES string of the molecule is Cc1cc(C(C(=O)Nc2c(C)cccc2Cl)N(C(=O)C(NC(=O)OC(C)(C)C)C(C)C)C2CC2)ccc1O. The zero-order valence-electron chi connectivity index (χ0n) is 23.1. The van der Waals surface area contributed by atoms with Crippen LogP contribution in [0.2, 0.25) is 5.02 Å². The van der Waals surface area contributed by atoms with E-state index in [1.165, 1.54) is 6.07 Å². The quantitative estimate of drug-likeness (QED) is 0.385. The van der Waals surface area contributed by atoms with E-state index in [1.54, 1.807) is 56.9 Å². The van der Waals surface area contributed by atoms with Crippen LogP contribution in [0.3, 0.4) is 0 Å². The number of alkyl carbamates (subject to hydrolysis) is 1. The third kappa shape index (κ3) is 7.19. The molecule has 0 aliphatic heterocycles. The van der Waals surface area contributed by atoms with Gasteiger partial charge in [0.1, 0.15) is 23.4 Å². The normalized spacial score (nSPS) is 15.0. The number of nitrogens with one attached hydrogen (secondary N) is 2. The molecule has 1 aliphatic rings. The molecule has 0 radical (unpaired) electrons. The molecule has 0 heterocycles. The number of amides is 3. The third-order valence-electron chi connectivity index (χ3n) is 6.33. The summed E-state index contributed by atoms with van der Waals surface area (Å²) < 4.78 is 5.41. The van der Waals surface area contributed by atoms with Gasteiger partial charge in [-0.1, -0.05) is 43.6 Å². The molecule has 3 amide bonds. The van der Waals surface area contributed by atoms with Crippen LogP contribution < -0.4 is 10.6 Å². The topological polar surface area (TPSA) is 108 Å². The third-order valence-corrected chi connectivity index (χ3v) is 6.65. The Balaban J connectivity index is 2.04. The number of carbonyl (C=O) groups is 3. The molecule has 3 rings (SSSR count). The van der Waals surface area contributed by atoms with Gasteiger partial charge in [0, 0.05) is 6.04 Å². The minimum Gasteiger partial charge on any atom is -0.508 e. The molecule has 1 fully saturated rings. The van der Waals surface area contributed by atoms with Crippen molar-refractivity contribution in [2.45, 2.75) is 85.0 Å². The van der Waals surface area contributed by atoms with Gasteiger partial charge in [0.05, 0.1) is 10.7 Å². The second kappa shape index (κ2) is 11.6. The zero-order valence-corrected chi connectivity index (χ0v) is 23.8. The molecular weight excluding hydrogens is 506 g/mol. The summed E-state index contributed by atoms with van der Waals surface area (Å²) in [6.45, 7) is 12.5. The number of halogens is 1. The summed E-state index contributed by atoms with van der Waals surface area (Å²) in [6.07, 6.45) is 0.762. The Hall–Kier alpha value is -3.26.